The average molecular weight is 678 g/mol. The highest BCUT2D eigenvalue weighted by atomic mass is 35.5. The first-order valence-electron chi connectivity index (χ1n) is 15.2. The molecule has 0 N–H and O–H groups in total. The van der Waals surface area contributed by atoms with Crippen molar-refractivity contribution in [2.24, 2.45) is 5.92 Å². The third kappa shape index (κ3) is 6.32. The van der Waals surface area contributed by atoms with Crippen molar-refractivity contribution >= 4 is 52.0 Å². The maximum Gasteiger partial charge on any atom is 0.410 e. The predicted octanol–water partition coefficient (Wildman–Crippen LogP) is 7.09. The lowest BCUT2D eigenvalue weighted by Crippen LogP contribution is -2.46. The molecule has 47 heavy (non-hydrogen) atoms. The second-order valence-corrected chi connectivity index (χ2v) is 13.5. The minimum absolute atomic E-state index is 0.0266. The van der Waals surface area contributed by atoms with Gasteiger partial charge in [-0.05, 0) is 62.9 Å². The highest BCUT2D eigenvalue weighted by molar-refractivity contribution is 6.41. The number of carbonyl (C=O) groups is 3. The van der Waals surface area contributed by atoms with Crippen LogP contribution in [-0.4, -0.2) is 76.6 Å². The molecule has 2 aliphatic rings. The molecule has 0 unspecified atom stereocenters. The normalized spacial score (nSPS) is 17.8. The zero-order valence-corrected chi connectivity index (χ0v) is 28.2. The summed E-state index contributed by atoms with van der Waals surface area (Å²) in [4.78, 5) is 51.9. The number of likely N-dealkylation sites (tertiary alicyclic amines) is 1. The van der Waals surface area contributed by atoms with Crippen molar-refractivity contribution in [3.8, 4) is 22.6 Å². The Labute approximate surface area is 282 Å². The molecule has 244 valence electrons. The van der Waals surface area contributed by atoms with Crippen LogP contribution in [0, 0.1) is 5.92 Å². The van der Waals surface area contributed by atoms with E-state index in [2.05, 4.69) is 4.98 Å². The molecule has 1 aromatic heterocycles. The van der Waals surface area contributed by atoms with E-state index in [1.165, 1.54) is 19.1 Å². The molecule has 3 amide bonds. The van der Waals surface area contributed by atoms with Crippen LogP contribution in [0.25, 0.3) is 22.0 Å². The minimum atomic E-state index is -0.708. The molecular formula is C35H34Cl2N4O6. The fourth-order valence-electron chi connectivity index (χ4n) is 6.22. The first-order chi connectivity index (χ1) is 22.4. The van der Waals surface area contributed by atoms with E-state index in [1.54, 1.807) is 62.2 Å². The standard InChI is InChI=1S/C35H34Cl2N4O6/c1-35(2,3)47-34(44)40-17-19(12-22(40)18-41-32(42)23-8-6-7-9-24(23)33(41)43)13-28-38-16-21-14-20(10-11-25(21)39-28)29-30(36)26(45-4)15-27(46-5)31(29)37/h6-11,14-16,19,22H,12-13,17-18H2,1-5H3/t19-,22+/m1/s1. The van der Waals surface area contributed by atoms with Crippen molar-refractivity contribution in [3.63, 3.8) is 0 Å². The predicted molar refractivity (Wildman–Crippen MR) is 178 cm³/mol. The second-order valence-electron chi connectivity index (χ2n) is 12.7. The van der Waals surface area contributed by atoms with Gasteiger partial charge in [0.25, 0.3) is 11.8 Å². The molecule has 0 radical (unpaired) electrons. The molecule has 3 heterocycles. The molecule has 0 bridgehead atoms. The molecule has 2 aliphatic heterocycles. The highest BCUT2D eigenvalue weighted by Gasteiger charge is 2.43. The number of imide groups is 1. The summed E-state index contributed by atoms with van der Waals surface area (Å²) < 4.78 is 16.6. The van der Waals surface area contributed by atoms with Crippen molar-refractivity contribution in [3.05, 3.63) is 81.7 Å². The number of benzene rings is 3. The summed E-state index contributed by atoms with van der Waals surface area (Å²) in [6.45, 7) is 5.86. The van der Waals surface area contributed by atoms with E-state index in [0.29, 0.717) is 63.4 Å². The van der Waals surface area contributed by atoms with Gasteiger partial charge in [0.05, 0.1) is 47.0 Å². The number of hydrogen-bond acceptors (Lipinski definition) is 8. The highest BCUT2D eigenvalue weighted by Crippen LogP contribution is 2.46. The van der Waals surface area contributed by atoms with E-state index in [0.717, 1.165) is 16.5 Å². The fourth-order valence-corrected chi connectivity index (χ4v) is 6.94. The van der Waals surface area contributed by atoms with Gasteiger partial charge in [0, 0.05) is 42.7 Å². The number of hydrogen-bond donors (Lipinski definition) is 0. The third-order valence-corrected chi connectivity index (χ3v) is 9.11. The Morgan fingerprint density at radius 2 is 1.60 bits per heavy atom. The van der Waals surface area contributed by atoms with Crippen LogP contribution in [0.4, 0.5) is 4.79 Å². The van der Waals surface area contributed by atoms with Gasteiger partial charge in [0.15, 0.2) is 0 Å². The van der Waals surface area contributed by atoms with Crippen LogP contribution in [0.2, 0.25) is 10.0 Å². The summed E-state index contributed by atoms with van der Waals surface area (Å²) in [5.41, 5.74) is 2.09. The molecule has 12 heteroatoms. The van der Waals surface area contributed by atoms with E-state index >= 15 is 0 Å². The van der Waals surface area contributed by atoms with Crippen LogP contribution < -0.4 is 9.47 Å². The number of aromatic nitrogens is 2. The van der Waals surface area contributed by atoms with Crippen molar-refractivity contribution in [2.45, 2.75) is 45.3 Å². The molecule has 1 fully saturated rings. The number of halogens is 2. The second kappa shape index (κ2) is 12.7. The number of amides is 3. The lowest BCUT2D eigenvalue weighted by molar-refractivity contribution is 0.0187. The molecule has 2 atom stereocenters. The SMILES string of the molecule is COc1cc(OC)c(Cl)c(-c2ccc3nc(C[C@H]4C[C@@H](CN5C(=O)c6ccccc6C5=O)N(C(=O)OC(C)(C)C)C4)ncc3c2)c1Cl. The van der Waals surface area contributed by atoms with Gasteiger partial charge < -0.3 is 19.1 Å². The van der Waals surface area contributed by atoms with Crippen molar-refractivity contribution < 1.29 is 28.6 Å². The topological polar surface area (TPSA) is 111 Å². The quantitative estimate of drug-likeness (QED) is 0.191. The summed E-state index contributed by atoms with van der Waals surface area (Å²) >= 11 is 13.3. The lowest BCUT2D eigenvalue weighted by Gasteiger charge is -2.30. The number of methoxy groups -OCH3 is 2. The molecule has 4 aromatic rings. The largest absolute Gasteiger partial charge is 0.495 e. The van der Waals surface area contributed by atoms with E-state index in [4.69, 9.17) is 42.4 Å². The Kier molecular flexibility index (Phi) is 8.76. The fraction of sp³-hybridized carbons (Fsp3) is 0.343. The van der Waals surface area contributed by atoms with Gasteiger partial charge in [-0.15, -0.1) is 0 Å². The smallest absolute Gasteiger partial charge is 0.410 e. The molecule has 3 aromatic carbocycles. The Balaban J connectivity index is 1.24. The maximum atomic E-state index is 13.3. The van der Waals surface area contributed by atoms with Crippen molar-refractivity contribution in [1.29, 1.82) is 0 Å². The summed E-state index contributed by atoms with van der Waals surface area (Å²) in [5, 5.41) is 1.51. The Bertz CT molecular complexity index is 1850. The van der Waals surface area contributed by atoms with Gasteiger partial charge in [-0.25, -0.2) is 14.8 Å². The molecule has 1 saturated heterocycles. The van der Waals surface area contributed by atoms with Gasteiger partial charge in [-0.2, -0.15) is 0 Å². The Morgan fingerprint density at radius 1 is 0.957 bits per heavy atom. The number of carbonyl (C=O) groups excluding carboxylic acids is 3. The van der Waals surface area contributed by atoms with Crippen molar-refractivity contribution in [2.75, 3.05) is 27.3 Å². The van der Waals surface area contributed by atoms with Crippen LogP contribution in [0.3, 0.4) is 0 Å². The van der Waals surface area contributed by atoms with E-state index < -0.39 is 17.7 Å². The van der Waals surface area contributed by atoms with Gasteiger partial charge in [0.2, 0.25) is 0 Å². The zero-order chi connectivity index (χ0) is 33.6. The van der Waals surface area contributed by atoms with Crippen LogP contribution in [0.1, 0.15) is 53.7 Å². The molecular weight excluding hydrogens is 643 g/mol. The average Bonchev–Trinajstić information content (AvgIpc) is 3.54. The van der Waals surface area contributed by atoms with Crippen LogP contribution in [-0.2, 0) is 11.2 Å². The summed E-state index contributed by atoms with van der Waals surface area (Å²) in [7, 11) is 3.05. The summed E-state index contributed by atoms with van der Waals surface area (Å²) in [6, 6.07) is 13.6. The van der Waals surface area contributed by atoms with Gasteiger partial charge in [-0.1, -0.05) is 41.4 Å². The third-order valence-electron chi connectivity index (χ3n) is 8.36. The van der Waals surface area contributed by atoms with Gasteiger partial charge in [-0.3, -0.25) is 14.5 Å². The number of ether oxygens (including phenoxy) is 3. The maximum absolute atomic E-state index is 13.3. The first kappa shape index (κ1) is 32.5. The number of rotatable bonds is 7. The number of nitrogens with zero attached hydrogens (tertiary/aromatic N) is 4. The minimum Gasteiger partial charge on any atom is -0.495 e. The molecule has 10 nitrogen and oxygen atoms in total. The van der Waals surface area contributed by atoms with E-state index in [1.807, 2.05) is 18.2 Å². The number of fused-ring (bicyclic) bond motifs is 2. The Morgan fingerprint density at radius 3 is 2.19 bits per heavy atom. The van der Waals surface area contributed by atoms with Crippen LogP contribution >= 0.6 is 23.2 Å². The lowest BCUT2D eigenvalue weighted by atomic mass is 10.0. The molecule has 0 aliphatic carbocycles. The van der Waals surface area contributed by atoms with Gasteiger partial charge in [0.1, 0.15) is 22.9 Å². The summed E-state index contributed by atoms with van der Waals surface area (Å²) in [5.74, 6) is 0.748. The van der Waals surface area contributed by atoms with Gasteiger partial charge >= 0.3 is 6.09 Å². The zero-order valence-electron chi connectivity index (χ0n) is 26.7. The Hall–Kier alpha value is -4.41. The summed E-state index contributed by atoms with van der Waals surface area (Å²) in [6.07, 6.45) is 2.29. The van der Waals surface area contributed by atoms with Crippen LogP contribution in [0.5, 0.6) is 11.5 Å². The van der Waals surface area contributed by atoms with E-state index in [-0.39, 0.29) is 24.3 Å². The molecule has 0 spiro atoms. The van der Waals surface area contributed by atoms with Crippen LogP contribution in [0.15, 0.2) is 54.7 Å². The van der Waals surface area contributed by atoms with Crippen molar-refractivity contribution in [1.82, 2.24) is 19.8 Å². The molecule has 6 rings (SSSR count). The first-order valence-corrected chi connectivity index (χ1v) is 15.9. The van der Waals surface area contributed by atoms with E-state index in [9.17, 15) is 14.4 Å². The molecule has 0 saturated carbocycles. The monoisotopic (exact) mass is 676 g/mol.